The van der Waals surface area contributed by atoms with E-state index in [1.807, 2.05) is 32.9 Å². The number of aliphatic hydroxyl groups is 1. The van der Waals surface area contributed by atoms with Crippen LogP contribution in [0.2, 0.25) is 0 Å². The van der Waals surface area contributed by atoms with Crippen molar-refractivity contribution in [2.45, 2.75) is 39.8 Å². The number of hydrogen-bond acceptors (Lipinski definition) is 5. The van der Waals surface area contributed by atoms with E-state index in [9.17, 15) is 9.90 Å². The first-order valence-corrected chi connectivity index (χ1v) is 8.25. The van der Waals surface area contributed by atoms with Gasteiger partial charge in [-0.25, -0.2) is 4.79 Å². The van der Waals surface area contributed by atoms with Crippen molar-refractivity contribution in [1.82, 2.24) is 10.3 Å². The lowest BCUT2D eigenvalue weighted by atomic mass is 10.1. The van der Waals surface area contributed by atoms with E-state index in [4.69, 9.17) is 9.47 Å². The van der Waals surface area contributed by atoms with E-state index < -0.39 is 12.1 Å². The maximum Gasteiger partial charge on any atom is 0.354 e. The molecule has 2 rings (SSSR count). The highest BCUT2D eigenvalue weighted by Gasteiger charge is 2.15. The summed E-state index contributed by atoms with van der Waals surface area (Å²) >= 11 is 0. The van der Waals surface area contributed by atoms with Gasteiger partial charge in [-0.2, -0.15) is 0 Å². The van der Waals surface area contributed by atoms with Crippen LogP contribution in [0, 0.1) is 6.92 Å². The fraction of sp³-hybridized carbons (Fsp3) is 0.500. The second-order valence-electron chi connectivity index (χ2n) is 6.16. The molecule has 0 spiro atoms. The number of carbonyl (C=O) groups is 1. The number of carbonyl (C=O) groups excluding carboxylic acids is 1. The first-order valence-electron chi connectivity index (χ1n) is 8.25. The Morgan fingerprint density at radius 2 is 2.08 bits per heavy atom. The number of ether oxygens (including phenoxy) is 2. The van der Waals surface area contributed by atoms with Gasteiger partial charge in [0.15, 0.2) is 0 Å². The van der Waals surface area contributed by atoms with Gasteiger partial charge < -0.3 is 24.9 Å². The fourth-order valence-corrected chi connectivity index (χ4v) is 2.40. The number of aryl methyl sites for hydroxylation is 1. The number of H-pyrrole nitrogens is 1. The highest BCUT2D eigenvalue weighted by Crippen LogP contribution is 2.28. The summed E-state index contributed by atoms with van der Waals surface area (Å²) in [5, 5.41) is 14.0. The molecule has 24 heavy (non-hydrogen) atoms. The van der Waals surface area contributed by atoms with E-state index >= 15 is 0 Å². The number of aliphatic hydroxyl groups excluding tert-OH is 1. The molecule has 0 aliphatic heterocycles. The Morgan fingerprint density at radius 1 is 1.33 bits per heavy atom. The summed E-state index contributed by atoms with van der Waals surface area (Å²) < 4.78 is 10.8. The van der Waals surface area contributed by atoms with Gasteiger partial charge in [-0.1, -0.05) is 13.8 Å². The second kappa shape index (κ2) is 8.17. The predicted octanol–water partition coefficient (Wildman–Crippen LogP) is 2.39. The third-order valence-electron chi connectivity index (χ3n) is 3.53. The van der Waals surface area contributed by atoms with E-state index in [0.29, 0.717) is 30.6 Å². The molecule has 1 heterocycles. The van der Waals surface area contributed by atoms with Crippen molar-refractivity contribution in [3.8, 4) is 5.75 Å². The van der Waals surface area contributed by atoms with Gasteiger partial charge in [0, 0.05) is 18.0 Å². The smallest absolute Gasteiger partial charge is 0.354 e. The SMILES string of the molecule is CCOC(=O)c1cc2c(OCC(O)CNC(C)C)cc(C)cc2[nH]1. The summed E-state index contributed by atoms with van der Waals surface area (Å²) in [6, 6.07) is 5.87. The van der Waals surface area contributed by atoms with Crippen LogP contribution in [0.3, 0.4) is 0 Å². The lowest BCUT2D eigenvalue weighted by molar-refractivity contribution is 0.0520. The lowest BCUT2D eigenvalue weighted by Crippen LogP contribution is -2.35. The Balaban J connectivity index is 2.15. The molecule has 6 heteroatoms. The number of benzene rings is 1. The maximum atomic E-state index is 11.9. The van der Waals surface area contributed by atoms with E-state index in [2.05, 4.69) is 10.3 Å². The Labute approximate surface area is 142 Å². The molecule has 132 valence electrons. The van der Waals surface area contributed by atoms with Gasteiger partial charge in [-0.3, -0.25) is 0 Å². The maximum absolute atomic E-state index is 11.9. The molecular weight excluding hydrogens is 308 g/mol. The molecule has 2 aromatic rings. The number of esters is 1. The van der Waals surface area contributed by atoms with Gasteiger partial charge in [0.25, 0.3) is 0 Å². The Hall–Kier alpha value is -2.05. The Kier molecular flexibility index (Phi) is 6.23. The van der Waals surface area contributed by atoms with Crippen molar-refractivity contribution in [2.24, 2.45) is 0 Å². The molecule has 3 N–H and O–H groups in total. The highest BCUT2D eigenvalue weighted by atomic mass is 16.5. The number of nitrogens with one attached hydrogen (secondary N) is 2. The van der Waals surface area contributed by atoms with Crippen LogP contribution >= 0.6 is 0 Å². The molecular formula is C18H26N2O4. The third kappa shape index (κ3) is 4.72. The quantitative estimate of drug-likeness (QED) is 0.646. The topological polar surface area (TPSA) is 83.6 Å². The van der Waals surface area contributed by atoms with Crippen LogP contribution in [0.25, 0.3) is 10.9 Å². The number of rotatable bonds is 8. The normalized spacial score (nSPS) is 12.6. The monoisotopic (exact) mass is 334 g/mol. The van der Waals surface area contributed by atoms with Crippen LogP contribution in [0.1, 0.15) is 36.8 Å². The summed E-state index contributed by atoms with van der Waals surface area (Å²) in [7, 11) is 0. The summed E-state index contributed by atoms with van der Waals surface area (Å²) in [6.07, 6.45) is -0.605. The number of fused-ring (bicyclic) bond motifs is 1. The molecule has 0 aliphatic carbocycles. The highest BCUT2D eigenvalue weighted by molar-refractivity contribution is 5.97. The largest absolute Gasteiger partial charge is 0.490 e. The second-order valence-corrected chi connectivity index (χ2v) is 6.16. The minimum Gasteiger partial charge on any atom is -0.490 e. The van der Waals surface area contributed by atoms with Crippen LogP contribution in [-0.4, -0.2) is 48.0 Å². The van der Waals surface area contributed by atoms with Crippen molar-refractivity contribution < 1.29 is 19.4 Å². The van der Waals surface area contributed by atoms with Crippen LogP contribution in [-0.2, 0) is 4.74 Å². The fourth-order valence-electron chi connectivity index (χ4n) is 2.40. The molecule has 0 radical (unpaired) electrons. The molecule has 1 atom stereocenters. The molecule has 0 aliphatic rings. The van der Waals surface area contributed by atoms with Crippen LogP contribution in [0.15, 0.2) is 18.2 Å². The minimum absolute atomic E-state index is 0.179. The zero-order valence-corrected chi connectivity index (χ0v) is 14.7. The lowest BCUT2D eigenvalue weighted by Gasteiger charge is -2.15. The molecule has 0 saturated carbocycles. The third-order valence-corrected chi connectivity index (χ3v) is 3.53. The summed E-state index contributed by atoms with van der Waals surface area (Å²) in [4.78, 5) is 14.9. The van der Waals surface area contributed by atoms with Gasteiger partial charge in [-0.05, 0) is 37.6 Å². The average Bonchev–Trinajstić information content (AvgIpc) is 2.94. The van der Waals surface area contributed by atoms with Crippen LogP contribution < -0.4 is 10.1 Å². The van der Waals surface area contributed by atoms with Crippen LogP contribution in [0.4, 0.5) is 0 Å². The van der Waals surface area contributed by atoms with Gasteiger partial charge in [0.2, 0.25) is 0 Å². The molecule has 0 fully saturated rings. The molecule has 6 nitrogen and oxygen atoms in total. The molecule has 1 unspecified atom stereocenters. The molecule has 0 amide bonds. The van der Waals surface area contributed by atoms with Crippen molar-refractivity contribution in [2.75, 3.05) is 19.8 Å². The van der Waals surface area contributed by atoms with Gasteiger partial charge in [0.1, 0.15) is 24.2 Å². The summed E-state index contributed by atoms with van der Waals surface area (Å²) in [5.74, 6) is 0.249. The van der Waals surface area contributed by atoms with Gasteiger partial charge in [-0.15, -0.1) is 0 Å². The Bertz CT molecular complexity index is 694. The summed E-state index contributed by atoms with van der Waals surface area (Å²) in [5.41, 5.74) is 2.21. The molecule has 1 aromatic heterocycles. The first-order chi connectivity index (χ1) is 11.4. The standard InChI is InChI=1S/C18H26N2O4/c1-5-23-18(22)16-8-14-15(20-16)6-12(4)7-17(14)24-10-13(21)9-19-11(2)3/h6-8,11,13,19-21H,5,9-10H2,1-4H3. The van der Waals surface area contributed by atoms with E-state index in [1.165, 1.54) is 0 Å². The first kappa shape index (κ1) is 18.3. The molecule has 1 aromatic carbocycles. The predicted molar refractivity (Wildman–Crippen MR) is 93.6 cm³/mol. The van der Waals surface area contributed by atoms with E-state index in [1.54, 1.807) is 13.0 Å². The van der Waals surface area contributed by atoms with E-state index in [0.717, 1.165) is 16.5 Å². The van der Waals surface area contributed by atoms with Crippen molar-refractivity contribution in [3.05, 3.63) is 29.5 Å². The molecule has 0 saturated heterocycles. The summed E-state index contributed by atoms with van der Waals surface area (Å²) in [6.45, 7) is 8.74. The number of hydrogen-bond donors (Lipinski definition) is 3. The van der Waals surface area contributed by atoms with Gasteiger partial charge >= 0.3 is 5.97 Å². The van der Waals surface area contributed by atoms with Crippen molar-refractivity contribution >= 4 is 16.9 Å². The number of aromatic nitrogens is 1. The van der Waals surface area contributed by atoms with Crippen molar-refractivity contribution in [3.63, 3.8) is 0 Å². The zero-order chi connectivity index (χ0) is 17.7. The molecule has 0 bridgehead atoms. The average molecular weight is 334 g/mol. The zero-order valence-electron chi connectivity index (χ0n) is 14.7. The van der Waals surface area contributed by atoms with Crippen LogP contribution in [0.5, 0.6) is 5.75 Å². The van der Waals surface area contributed by atoms with Gasteiger partial charge in [0.05, 0.1) is 12.1 Å². The minimum atomic E-state index is -0.605. The Morgan fingerprint density at radius 3 is 2.75 bits per heavy atom. The van der Waals surface area contributed by atoms with E-state index in [-0.39, 0.29) is 6.61 Å². The van der Waals surface area contributed by atoms with Crippen molar-refractivity contribution in [1.29, 1.82) is 0 Å². The number of aromatic amines is 1.